The van der Waals surface area contributed by atoms with Crippen molar-refractivity contribution in [3.8, 4) is 0 Å². The number of pyridine rings is 1. The van der Waals surface area contributed by atoms with Gasteiger partial charge in [0.2, 0.25) is 0 Å². The van der Waals surface area contributed by atoms with Crippen molar-refractivity contribution in [1.29, 1.82) is 0 Å². The van der Waals surface area contributed by atoms with Crippen LogP contribution in [0, 0.1) is 6.92 Å². The fourth-order valence-electron chi connectivity index (χ4n) is 1.91. The van der Waals surface area contributed by atoms with E-state index in [0.29, 0.717) is 6.04 Å². The lowest BCUT2D eigenvalue weighted by Gasteiger charge is -2.17. The molecule has 2 heterocycles. The molecular weight excluding hydrogens is 252 g/mol. The van der Waals surface area contributed by atoms with Gasteiger partial charge in [-0.25, -0.2) is 0 Å². The van der Waals surface area contributed by atoms with Crippen LogP contribution in [0.15, 0.2) is 30.6 Å². The lowest BCUT2D eigenvalue weighted by molar-refractivity contribution is 0.592. The molecule has 2 rings (SSSR count). The molecule has 0 aliphatic rings. The minimum Gasteiger partial charge on any atom is -0.313 e. The van der Waals surface area contributed by atoms with Crippen LogP contribution in [0.2, 0.25) is 4.34 Å². The standard InChI is InChI=1S/C13H15ClN2S/c1-9-8-16-6-5-11(9)12(15-2)7-10-3-4-13(14)17-10/h3-6,8,12,15H,7H2,1-2H3. The summed E-state index contributed by atoms with van der Waals surface area (Å²) in [4.78, 5) is 5.42. The second kappa shape index (κ2) is 5.63. The monoisotopic (exact) mass is 266 g/mol. The summed E-state index contributed by atoms with van der Waals surface area (Å²) in [7, 11) is 1.99. The van der Waals surface area contributed by atoms with E-state index in [1.807, 2.05) is 25.5 Å². The highest BCUT2D eigenvalue weighted by Crippen LogP contribution is 2.27. The average Bonchev–Trinajstić information content (AvgIpc) is 2.73. The van der Waals surface area contributed by atoms with Crippen LogP contribution in [0.5, 0.6) is 0 Å². The minimum absolute atomic E-state index is 0.313. The maximum atomic E-state index is 5.95. The predicted molar refractivity (Wildman–Crippen MR) is 73.8 cm³/mol. The number of rotatable bonds is 4. The van der Waals surface area contributed by atoms with Crippen LogP contribution in [-0.2, 0) is 6.42 Å². The van der Waals surface area contributed by atoms with E-state index in [2.05, 4.69) is 29.4 Å². The molecule has 0 bridgehead atoms. The van der Waals surface area contributed by atoms with Gasteiger partial charge in [-0.2, -0.15) is 0 Å². The molecule has 1 atom stereocenters. The van der Waals surface area contributed by atoms with E-state index in [1.165, 1.54) is 16.0 Å². The van der Waals surface area contributed by atoms with Crippen LogP contribution in [0.3, 0.4) is 0 Å². The smallest absolute Gasteiger partial charge is 0.0931 e. The van der Waals surface area contributed by atoms with Gasteiger partial charge in [-0.05, 0) is 43.3 Å². The molecule has 0 radical (unpaired) electrons. The molecule has 17 heavy (non-hydrogen) atoms. The van der Waals surface area contributed by atoms with Crippen molar-refractivity contribution in [2.24, 2.45) is 0 Å². The molecule has 0 saturated heterocycles. The van der Waals surface area contributed by atoms with E-state index in [-0.39, 0.29) is 0 Å². The lowest BCUT2D eigenvalue weighted by atomic mass is 10.0. The summed E-state index contributed by atoms with van der Waals surface area (Å²) in [5.74, 6) is 0. The Morgan fingerprint density at radius 2 is 2.24 bits per heavy atom. The molecule has 0 spiro atoms. The molecular formula is C13H15ClN2S. The number of aryl methyl sites for hydroxylation is 1. The molecule has 90 valence electrons. The van der Waals surface area contributed by atoms with E-state index in [4.69, 9.17) is 11.6 Å². The Morgan fingerprint density at radius 3 is 2.82 bits per heavy atom. The SMILES string of the molecule is CNC(Cc1ccc(Cl)s1)c1ccncc1C. The van der Waals surface area contributed by atoms with Crippen LogP contribution in [-0.4, -0.2) is 12.0 Å². The highest BCUT2D eigenvalue weighted by Gasteiger charge is 2.13. The van der Waals surface area contributed by atoms with Crippen molar-refractivity contribution >= 4 is 22.9 Å². The quantitative estimate of drug-likeness (QED) is 0.915. The predicted octanol–water partition coefficient (Wildman–Crippen LogP) is 3.61. The molecule has 0 amide bonds. The molecule has 1 unspecified atom stereocenters. The number of likely N-dealkylation sites (N-methyl/N-ethyl adjacent to an activating group) is 1. The number of halogens is 1. The minimum atomic E-state index is 0.313. The molecule has 4 heteroatoms. The van der Waals surface area contributed by atoms with E-state index in [9.17, 15) is 0 Å². The van der Waals surface area contributed by atoms with Gasteiger partial charge in [-0.15, -0.1) is 11.3 Å². The van der Waals surface area contributed by atoms with Crippen molar-refractivity contribution in [2.45, 2.75) is 19.4 Å². The highest BCUT2D eigenvalue weighted by molar-refractivity contribution is 7.16. The van der Waals surface area contributed by atoms with E-state index < -0.39 is 0 Å². The van der Waals surface area contributed by atoms with Crippen LogP contribution in [0.1, 0.15) is 22.0 Å². The van der Waals surface area contributed by atoms with Gasteiger partial charge in [0.05, 0.1) is 4.34 Å². The van der Waals surface area contributed by atoms with Gasteiger partial charge in [-0.1, -0.05) is 11.6 Å². The Kier molecular flexibility index (Phi) is 4.15. The summed E-state index contributed by atoms with van der Waals surface area (Å²) in [5.41, 5.74) is 2.52. The molecule has 1 N–H and O–H groups in total. The van der Waals surface area contributed by atoms with Crippen molar-refractivity contribution < 1.29 is 0 Å². The van der Waals surface area contributed by atoms with Gasteiger partial charge in [-0.3, -0.25) is 4.98 Å². The first-order valence-corrected chi connectivity index (χ1v) is 6.72. The van der Waals surface area contributed by atoms with Gasteiger partial charge in [0.1, 0.15) is 0 Å². The Balaban J connectivity index is 2.20. The summed E-state index contributed by atoms with van der Waals surface area (Å²) < 4.78 is 0.848. The molecule has 0 aromatic carbocycles. The van der Waals surface area contributed by atoms with Crippen LogP contribution in [0.25, 0.3) is 0 Å². The number of thiophene rings is 1. The second-order valence-corrected chi connectivity index (χ2v) is 5.78. The maximum Gasteiger partial charge on any atom is 0.0931 e. The first-order valence-electron chi connectivity index (χ1n) is 5.52. The number of nitrogens with one attached hydrogen (secondary N) is 1. The van der Waals surface area contributed by atoms with Crippen molar-refractivity contribution in [2.75, 3.05) is 7.05 Å². The van der Waals surface area contributed by atoms with Crippen molar-refractivity contribution in [3.63, 3.8) is 0 Å². The van der Waals surface area contributed by atoms with Crippen molar-refractivity contribution in [1.82, 2.24) is 10.3 Å². The maximum absolute atomic E-state index is 5.95. The summed E-state index contributed by atoms with van der Waals surface area (Å²) in [5, 5.41) is 3.35. The van der Waals surface area contributed by atoms with Crippen LogP contribution < -0.4 is 5.32 Å². The normalized spacial score (nSPS) is 12.6. The van der Waals surface area contributed by atoms with Gasteiger partial charge < -0.3 is 5.32 Å². The first kappa shape index (κ1) is 12.6. The Labute approximate surface area is 111 Å². The molecule has 0 fully saturated rings. The zero-order chi connectivity index (χ0) is 12.3. The zero-order valence-corrected chi connectivity index (χ0v) is 11.5. The third-order valence-electron chi connectivity index (χ3n) is 2.82. The fourth-order valence-corrected chi connectivity index (χ4v) is 3.04. The van der Waals surface area contributed by atoms with Gasteiger partial charge in [0.25, 0.3) is 0 Å². The van der Waals surface area contributed by atoms with Gasteiger partial charge in [0.15, 0.2) is 0 Å². The first-order chi connectivity index (χ1) is 8.20. The average molecular weight is 267 g/mol. The van der Waals surface area contributed by atoms with E-state index >= 15 is 0 Å². The summed E-state index contributed by atoms with van der Waals surface area (Å²) in [6.07, 6.45) is 4.70. The third-order valence-corrected chi connectivity index (χ3v) is 4.08. The van der Waals surface area contributed by atoms with Crippen molar-refractivity contribution in [3.05, 3.63) is 50.9 Å². The second-order valence-electron chi connectivity index (χ2n) is 3.98. The molecule has 0 aliphatic heterocycles. The van der Waals surface area contributed by atoms with Gasteiger partial charge in [0, 0.05) is 29.7 Å². The van der Waals surface area contributed by atoms with Gasteiger partial charge >= 0.3 is 0 Å². The Morgan fingerprint density at radius 1 is 1.41 bits per heavy atom. The Hall–Kier alpha value is -0.900. The van der Waals surface area contributed by atoms with Crippen LogP contribution in [0.4, 0.5) is 0 Å². The molecule has 2 nitrogen and oxygen atoms in total. The van der Waals surface area contributed by atoms with E-state index in [0.717, 1.165) is 10.8 Å². The summed E-state index contributed by atoms with van der Waals surface area (Å²) >= 11 is 7.59. The number of hydrogen-bond donors (Lipinski definition) is 1. The summed E-state index contributed by atoms with van der Waals surface area (Å²) in [6.45, 7) is 2.09. The number of nitrogens with zero attached hydrogens (tertiary/aromatic N) is 1. The van der Waals surface area contributed by atoms with E-state index in [1.54, 1.807) is 11.3 Å². The molecule has 2 aromatic heterocycles. The zero-order valence-electron chi connectivity index (χ0n) is 9.90. The number of aromatic nitrogens is 1. The largest absolute Gasteiger partial charge is 0.313 e. The third kappa shape index (κ3) is 3.06. The van der Waals surface area contributed by atoms with Crippen LogP contribution >= 0.6 is 22.9 Å². The lowest BCUT2D eigenvalue weighted by Crippen LogP contribution is -2.19. The molecule has 2 aromatic rings. The summed E-state index contributed by atoms with van der Waals surface area (Å²) in [6, 6.07) is 6.43. The Bertz CT molecular complexity index is 496. The molecule has 0 saturated carbocycles. The number of hydrogen-bond acceptors (Lipinski definition) is 3. The molecule has 0 aliphatic carbocycles. The topological polar surface area (TPSA) is 24.9 Å². The highest BCUT2D eigenvalue weighted by atomic mass is 35.5. The fraction of sp³-hybridized carbons (Fsp3) is 0.308.